The van der Waals surface area contributed by atoms with Crippen LogP contribution in [-0.4, -0.2) is 34.1 Å². The highest BCUT2D eigenvalue weighted by Gasteiger charge is 2.53. The third kappa shape index (κ3) is 4.59. The van der Waals surface area contributed by atoms with Crippen molar-refractivity contribution in [3.05, 3.63) is 23.3 Å². The highest BCUT2D eigenvalue weighted by Crippen LogP contribution is 2.60. The number of ether oxygens (including phenoxy) is 1. The summed E-state index contributed by atoms with van der Waals surface area (Å²) in [5.74, 6) is 2.28. The van der Waals surface area contributed by atoms with Crippen molar-refractivity contribution in [2.24, 2.45) is 23.2 Å². The van der Waals surface area contributed by atoms with Crippen molar-refractivity contribution in [3.63, 3.8) is 0 Å². The van der Waals surface area contributed by atoms with Crippen LogP contribution in [0.5, 0.6) is 0 Å². The van der Waals surface area contributed by atoms with Crippen LogP contribution in [0.3, 0.4) is 0 Å². The van der Waals surface area contributed by atoms with Gasteiger partial charge in [-0.05, 0) is 94.8 Å². The molecule has 0 bridgehead atoms. The first-order chi connectivity index (χ1) is 14.1. The van der Waals surface area contributed by atoms with E-state index in [9.17, 15) is 10.2 Å². The molecule has 0 aromatic rings. The van der Waals surface area contributed by atoms with Crippen molar-refractivity contribution in [2.45, 2.75) is 116 Å². The standard InChI is InChI=1S/C27H44O3/c1-19(7-5-14-25(2,3)29)22-11-12-23-21(8-6-15-26(22,23)4)10-9-20-13-16-27(18-30-27)24(28)17-20/h9-10,19,22-24,28-29H,5-8,11-18H2,1-4H3/b20-9-,21-10+/t19-,22?,23?,24+,26?,27?/m0/s1. The smallest absolute Gasteiger partial charge is 0.118 e. The highest BCUT2D eigenvalue weighted by molar-refractivity contribution is 5.27. The molecule has 4 unspecified atom stereocenters. The molecule has 4 aliphatic rings. The number of aliphatic hydroxyl groups is 2. The first kappa shape index (κ1) is 22.6. The van der Waals surface area contributed by atoms with Gasteiger partial charge in [0.25, 0.3) is 0 Å². The average molecular weight is 417 g/mol. The van der Waals surface area contributed by atoms with Crippen LogP contribution in [-0.2, 0) is 4.74 Å². The Morgan fingerprint density at radius 1 is 1.20 bits per heavy atom. The number of aliphatic hydroxyl groups excluding tert-OH is 1. The fourth-order valence-electron chi connectivity index (χ4n) is 7.15. The molecule has 2 N–H and O–H groups in total. The van der Waals surface area contributed by atoms with Gasteiger partial charge in [0, 0.05) is 0 Å². The Hall–Kier alpha value is -0.640. The lowest BCUT2D eigenvalue weighted by atomic mass is 9.60. The lowest BCUT2D eigenvalue weighted by Crippen LogP contribution is -2.36. The maximum Gasteiger partial charge on any atom is 0.118 e. The largest absolute Gasteiger partial charge is 0.390 e. The molecule has 1 saturated heterocycles. The molecule has 3 aliphatic carbocycles. The number of hydrogen-bond acceptors (Lipinski definition) is 3. The van der Waals surface area contributed by atoms with E-state index in [4.69, 9.17) is 4.74 Å². The summed E-state index contributed by atoms with van der Waals surface area (Å²) in [6, 6.07) is 0. The molecule has 4 rings (SSSR count). The Labute approximate surface area is 184 Å². The second-order valence-electron chi connectivity index (χ2n) is 11.9. The van der Waals surface area contributed by atoms with Crippen LogP contribution in [0.15, 0.2) is 23.3 Å². The van der Waals surface area contributed by atoms with Crippen LogP contribution >= 0.6 is 0 Å². The molecule has 30 heavy (non-hydrogen) atoms. The molecule has 4 fully saturated rings. The molecule has 1 heterocycles. The Morgan fingerprint density at radius 3 is 2.63 bits per heavy atom. The zero-order valence-electron chi connectivity index (χ0n) is 19.8. The second kappa shape index (κ2) is 8.37. The SMILES string of the molecule is C[C@@H](CCCC(C)(C)O)C1CCC2/C(=C/C=C3/CCC4(CO4)[C@H](O)C3)CCCC21C. The van der Waals surface area contributed by atoms with Crippen molar-refractivity contribution < 1.29 is 14.9 Å². The summed E-state index contributed by atoms with van der Waals surface area (Å²) < 4.78 is 5.54. The molecule has 170 valence electrons. The monoisotopic (exact) mass is 416 g/mol. The topological polar surface area (TPSA) is 53.0 Å². The number of allylic oxidation sites excluding steroid dienone is 3. The zero-order chi connectivity index (χ0) is 21.6. The first-order valence-corrected chi connectivity index (χ1v) is 12.6. The summed E-state index contributed by atoms with van der Waals surface area (Å²) >= 11 is 0. The molecule has 1 spiro atoms. The molecule has 1 aliphatic heterocycles. The number of hydrogen-bond donors (Lipinski definition) is 2. The van der Waals surface area contributed by atoms with E-state index >= 15 is 0 Å². The molecule has 3 heteroatoms. The van der Waals surface area contributed by atoms with E-state index in [1.54, 1.807) is 5.57 Å². The zero-order valence-corrected chi connectivity index (χ0v) is 19.8. The predicted octanol–water partition coefficient (Wildman–Crippen LogP) is 5.95. The Bertz CT molecular complexity index is 681. The van der Waals surface area contributed by atoms with Crippen LogP contribution in [0.2, 0.25) is 0 Å². The van der Waals surface area contributed by atoms with E-state index in [1.165, 1.54) is 44.1 Å². The Kier molecular flexibility index (Phi) is 6.29. The molecule has 6 atom stereocenters. The fourth-order valence-corrected chi connectivity index (χ4v) is 7.15. The van der Waals surface area contributed by atoms with Gasteiger partial charge in [0.15, 0.2) is 0 Å². The van der Waals surface area contributed by atoms with Gasteiger partial charge in [0.05, 0.1) is 18.3 Å². The summed E-state index contributed by atoms with van der Waals surface area (Å²) in [6.45, 7) is 9.64. The van der Waals surface area contributed by atoms with Gasteiger partial charge in [-0.25, -0.2) is 0 Å². The third-order valence-corrected chi connectivity index (χ3v) is 9.15. The Balaban J connectivity index is 1.39. The minimum Gasteiger partial charge on any atom is -0.390 e. The van der Waals surface area contributed by atoms with Gasteiger partial charge >= 0.3 is 0 Å². The second-order valence-corrected chi connectivity index (χ2v) is 11.9. The van der Waals surface area contributed by atoms with Crippen molar-refractivity contribution in [1.29, 1.82) is 0 Å². The van der Waals surface area contributed by atoms with E-state index in [1.807, 2.05) is 13.8 Å². The van der Waals surface area contributed by atoms with Crippen LogP contribution < -0.4 is 0 Å². The normalized spacial score (nSPS) is 42.7. The molecular weight excluding hydrogens is 372 g/mol. The number of fused-ring (bicyclic) bond motifs is 1. The van der Waals surface area contributed by atoms with Gasteiger partial charge < -0.3 is 14.9 Å². The first-order valence-electron chi connectivity index (χ1n) is 12.6. The number of rotatable bonds is 6. The maximum absolute atomic E-state index is 10.4. The van der Waals surface area contributed by atoms with Gasteiger partial charge in [-0.2, -0.15) is 0 Å². The van der Waals surface area contributed by atoms with E-state index in [-0.39, 0.29) is 11.7 Å². The maximum atomic E-state index is 10.4. The van der Waals surface area contributed by atoms with Crippen molar-refractivity contribution in [1.82, 2.24) is 0 Å². The van der Waals surface area contributed by atoms with E-state index in [0.29, 0.717) is 5.41 Å². The number of epoxide rings is 1. The summed E-state index contributed by atoms with van der Waals surface area (Å²) in [7, 11) is 0. The van der Waals surface area contributed by atoms with Crippen molar-refractivity contribution in [3.8, 4) is 0 Å². The predicted molar refractivity (Wildman–Crippen MR) is 122 cm³/mol. The molecule has 0 radical (unpaired) electrons. The van der Waals surface area contributed by atoms with Crippen molar-refractivity contribution >= 4 is 0 Å². The molecular formula is C27H44O3. The molecule has 0 amide bonds. The minimum atomic E-state index is -0.534. The van der Waals surface area contributed by atoms with Gasteiger partial charge in [-0.15, -0.1) is 0 Å². The van der Waals surface area contributed by atoms with Gasteiger partial charge in [0.2, 0.25) is 0 Å². The summed E-state index contributed by atoms with van der Waals surface area (Å²) in [4.78, 5) is 0. The minimum absolute atomic E-state index is 0.187. The van der Waals surface area contributed by atoms with Crippen molar-refractivity contribution in [2.75, 3.05) is 6.61 Å². The van der Waals surface area contributed by atoms with Gasteiger partial charge in [-0.1, -0.05) is 50.0 Å². The molecule has 0 aromatic heterocycles. The van der Waals surface area contributed by atoms with Gasteiger partial charge in [-0.3, -0.25) is 0 Å². The molecule has 3 nitrogen and oxygen atoms in total. The Morgan fingerprint density at radius 2 is 1.97 bits per heavy atom. The van der Waals surface area contributed by atoms with Gasteiger partial charge in [0.1, 0.15) is 5.60 Å². The third-order valence-electron chi connectivity index (χ3n) is 9.15. The fraction of sp³-hybridized carbons (Fsp3) is 0.852. The highest BCUT2D eigenvalue weighted by atomic mass is 16.6. The van der Waals surface area contributed by atoms with E-state index in [2.05, 4.69) is 26.0 Å². The van der Waals surface area contributed by atoms with Crippen LogP contribution in [0, 0.1) is 23.2 Å². The van der Waals surface area contributed by atoms with E-state index < -0.39 is 5.60 Å². The summed E-state index contributed by atoms with van der Waals surface area (Å²) in [5.41, 5.74) is 2.79. The lowest BCUT2D eigenvalue weighted by molar-refractivity contribution is 0.0566. The summed E-state index contributed by atoms with van der Waals surface area (Å²) in [5, 5.41) is 20.5. The van der Waals surface area contributed by atoms with Crippen LogP contribution in [0.1, 0.15) is 98.3 Å². The summed E-state index contributed by atoms with van der Waals surface area (Å²) in [6.07, 6.45) is 17.2. The molecule has 3 saturated carbocycles. The molecule has 0 aromatic carbocycles. The average Bonchev–Trinajstić information content (AvgIpc) is 3.35. The van der Waals surface area contributed by atoms with E-state index in [0.717, 1.165) is 56.5 Å². The van der Waals surface area contributed by atoms with Crippen LogP contribution in [0.25, 0.3) is 0 Å². The van der Waals surface area contributed by atoms with Crippen LogP contribution in [0.4, 0.5) is 0 Å². The lowest BCUT2D eigenvalue weighted by Gasteiger charge is -2.44. The quantitative estimate of drug-likeness (QED) is 0.526.